The Morgan fingerprint density at radius 2 is 1.88 bits per heavy atom. The Labute approximate surface area is 148 Å². The van der Waals surface area contributed by atoms with Gasteiger partial charge in [-0.15, -0.1) is 0 Å². The van der Waals surface area contributed by atoms with Gasteiger partial charge in [-0.05, 0) is 31.2 Å². The van der Waals surface area contributed by atoms with Crippen molar-refractivity contribution in [1.29, 1.82) is 0 Å². The number of hydrogen-bond donors (Lipinski definition) is 0. The van der Waals surface area contributed by atoms with Crippen molar-refractivity contribution in [2.24, 2.45) is 4.99 Å². The molecular formula is C20H24N4O. The Kier molecular flexibility index (Phi) is 4.40. The van der Waals surface area contributed by atoms with E-state index in [-0.39, 0.29) is 18.0 Å². The fraction of sp³-hybridized carbons (Fsp3) is 0.400. The summed E-state index contributed by atoms with van der Waals surface area (Å²) in [4.78, 5) is 24.2. The number of allylic oxidation sites excluding steroid dienone is 2. The SMILES string of the molecule is CC1=N[C@@H]2C=CC=CN2C1C(=O)CN1CCN(c2ccccc2)CC1. The van der Waals surface area contributed by atoms with E-state index in [2.05, 4.69) is 44.0 Å². The van der Waals surface area contributed by atoms with Gasteiger partial charge in [0.05, 0.1) is 6.54 Å². The second-order valence-corrected chi connectivity index (χ2v) is 6.83. The average molecular weight is 336 g/mol. The van der Waals surface area contributed by atoms with Crippen LogP contribution >= 0.6 is 0 Å². The van der Waals surface area contributed by atoms with Crippen LogP contribution in [0.15, 0.2) is 59.8 Å². The third kappa shape index (κ3) is 3.24. The lowest BCUT2D eigenvalue weighted by atomic mass is 10.1. The minimum atomic E-state index is -0.210. The second-order valence-electron chi connectivity index (χ2n) is 6.83. The van der Waals surface area contributed by atoms with Gasteiger partial charge in [0, 0.05) is 43.8 Å². The third-order valence-electron chi connectivity index (χ3n) is 5.17. The molecular weight excluding hydrogens is 312 g/mol. The molecule has 3 aliphatic heterocycles. The van der Waals surface area contributed by atoms with E-state index >= 15 is 0 Å². The molecule has 0 bridgehead atoms. The molecule has 1 unspecified atom stereocenters. The van der Waals surface area contributed by atoms with Crippen LogP contribution < -0.4 is 4.90 Å². The van der Waals surface area contributed by atoms with Crippen molar-refractivity contribution in [1.82, 2.24) is 9.80 Å². The zero-order valence-corrected chi connectivity index (χ0v) is 14.6. The maximum atomic E-state index is 12.9. The molecule has 0 spiro atoms. The van der Waals surface area contributed by atoms with Gasteiger partial charge in [-0.1, -0.05) is 24.3 Å². The Morgan fingerprint density at radius 3 is 2.64 bits per heavy atom. The lowest BCUT2D eigenvalue weighted by Gasteiger charge is -2.36. The molecule has 2 atom stereocenters. The van der Waals surface area contributed by atoms with Crippen LogP contribution in [0.2, 0.25) is 0 Å². The smallest absolute Gasteiger partial charge is 0.174 e. The van der Waals surface area contributed by atoms with E-state index in [1.54, 1.807) is 0 Å². The van der Waals surface area contributed by atoms with Crippen LogP contribution in [0.25, 0.3) is 0 Å². The molecule has 4 rings (SSSR count). The van der Waals surface area contributed by atoms with Gasteiger partial charge in [0.2, 0.25) is 0 Å². The van der Waals surface area contributed by atoms with Crippen LogP contribution in [0.3, 0.4) is 0 Å². The molecule has 130 valence electrons. The normalized spacial score (nSPS) is 25.9. The fourth-order valence-electron chi connectivity index (χ4n) is 3.85. The van der Waals surface area contributed by atoms with Crippen molar-refractivity contribution >= 4 is 17.2 Å². The van der Waals surface area contributed by atoms with Gasteiger partial charge >= 0.3 is 0 Å². The predicted octanol–water partition coefficient (Wildman–Crippen LogP) is 1.93. The highest BCUT2D eigenvalue weighted by Crippen LogP contribution is 2.23. The first-order valence-corrected chi connectivity index (χ1v) is 8.94. The van der Waals surface area contributed by atoms with E-state index in [1.807, 2.05) is 37.4 Å². The summed E-state index contributed by atoms with van der Waals surface area (Å²) in [6.45, 7) is 6.23. The number of benzene rings is 1. The number of carbonyl (C=O) groups is 1. The summed E-state index contributed by atoms with van der Waals surface area (Å²) in [5.74, 6) is 0.247. The van der Waals surface area contributed by atoms with E-state index in [1.165, 1.54) is 5.69 Å². The summed E-state index contributed by atoms with van der Waals surface area (Å²) in [6, 6.07) is 10.3. The predicted molar refractivity (Wildman–Crippen MR) is 101 cm³/mol. The van der Waals surface area contributed by atoms with Gasteiger partial charge in [0.15, 0.2) is 5.78 Å². The third-order valence-corrected chi connectivity index (χ3v) is 5.17. The number of nitrogens with zero attached hydrogens (tertiary/aromatic N) is 4. The first-order chi connectivity index (χ1) is 12.2. The maximum absolute atomic E-state index is 12.9. The van der Waals surface area contributed by atoms with Crippen LogP contribution in [0.4, 0.5) is 5.69 Å². The second kappa shape index (κ2) is 6.84. The molecule has 1 aromatic carbocycles. The lowest BCUT2D eigenvalue weighted by molar-refractivity contribution is -0.122. The van der Waals surface area contributed by atoms with Gasteiger partial charge in [0.1, 0.15) is 12.2 Å². The van der Waals surface area contributed by atoms with Crippen LogP contribution in [-0.4, -0.2) is 66.2 Å². The minimum absolute atomic E-state index is 0.00567. The van der Waals surface area contributed by atoms with Crippen molar-refractivity contribution in [3.63, 3.8) is 0 Å². The van der Waals surface area contributed by atoms with Crippen molar-refractivity contribution in [3.8, 4) is 0 Å². The number of rotatable bonds is 4. The highest BCUT2D eigenvalue weighted by Gasteiger charge is 2.37. The minimum Gasteiger partial charge on any atom is -0.369 e. The molecule has 5 heteroatoms. The number of Topliss-reactive ketones (excluding diaryl/α,β-unsaturated/α-hetero) is 1. The molecule has 0 saturated carbocycles. The summed E-state index contributed by atoms with van der Waals surface area (Å²) >= 11 is 0. The summed E-state index contributed by atoms with van der Waals surface area (Å²) < 4.78 is 0. The summed E-state index contributed by atoms with van der Waals surface area (Å²) in [7, 11) is 0. The van der Waals surface area contributed by atoms with Gasteiger partial charge in [-0.2, -0.15) is 0 Å². The summed E-state index contributed by atoms with van der Waals surface area (Å²) in [5.41, 5.74) is 2.19. The highest BCUT2D eigenvalue weighted by atomic mass is 16.1. The van der Waals surface area contributed by atoms with Crippen molar-refractivity contribution in [2.75, 3.05) is 37.6 Å². The van der Waals surface area contributed by atoms with E-state index in [4.69, 9.17) is 0 Å². The van der Waals surface area contributed by atoms with Gasteiger partial charge in [-0.3, -0.25) is 14.7 Å². The van der Waals surface area contributed by atoms with Crippen LogP contribution in [-0.2, 0) is 4.79 Å². The molecule has 0 aliphatic carbocycles. The summed E-state index contributed by atoms with van der Waals surface area (Å²) in [5, 5.41) is 0. The molecule has 0 amide bonds. The standard InChI is InChI=1S/C20H24N4O/c1-16-20(24-10-6-5-9-19(24)21-16)18(25)15-22-11-13-23(14-12-22)17-7-3-2-4-8-17/h2-10,19-20H,11-15H2,1H3/t19-,20?/m0/s1. The molecule has 1 fully saturated rings. The number of para-hydroxylation sites is 1. The summed E-state index contributed by atoms with van der Waals surface area (Å²) in [6.07, 6.45) is 7.99. The lowest BCUT2D eigenvalue weighted by Crippen LogP contribution is -2.51. The quantitative estimate of drug-likeness (QED) is 0.842. The largest absolute Gasteiger partial charge is 0.369 e. The van der Waals surface area contributed by atoms with E-state index < -0.39 is 0 Å². The number of aliphatic imine (C=N–C) groups is 1. The van der Waals surface area contributed by atoms with Gasteiger partial charge in [-0.25, -0.2) is 0 Å². The van der Waals surface area contributed by atoms with Crippen LogP contribution in [0.1, 0.15) is 6.92 Å². The molecule has 25 heavy (non-hydrogen) atoms. The highest BCUT2D eigenvalue weighted by molar-refractivity contribution is 6.10. The monoisotopic (exact) mass is 336 g/mol. The van der Waals surface area contributed by atoms with E-state index in [9.17, 15) is 4.79 Å². The molecule has 0 radical (unpaired) electrons. The number of fused-ring (bicyclic) bond motifs is 1. The maximum Gasteiger partial charge on any atom is 0.174 e. The molecule has 1 aromatic rings. The Morgan fingerprint density at radius 1 is 1.12 bits per heavy atom. The van der Waals surface area contributed by atoms with E-state index in [0.717, 1.165) is 31.9 Å². The number of carbonyl (C=O) groups excluding carboxylic acids is 1. The van der Waals surface area contributed by atoms with Crippen LogP contribution in [0.5, 0.6) is 0 Å². The van der Waals surface area contributed by atoms with Gasteiger partial charge < -0.3 is 9.80 Å². The first-order valence-electron chi connectivity index (χ1n) is 8.94. The Hall–Kier alpha value is -2.40. The Bertz CT molecular complexity index is 716. The fourth-order valence-corrected chi connectivity index (χ4v) is 3.85. The van der Waals surface area contributed by atoms with Crippen molar-refractivity contribution in [2.45, 2.75) is 19.1 Å². The average Bonchev–Trinajstić information content (AvgIpc) is 2.99. The molecule has 5 nitrogen and oxygen atoms in total. The first kappa shape index (κ1) is 16.1. The number of anilines is 1. The number of piperazine rings is 1. The number of hydrogen-bond acceptors (Lipinski definition) is 5. The topological polar surface area (TPSA) is 39.2 Å². The molecule has 3 heterocycles. The Balaban J connectivity index is 1.34. The molecule has 3 aliphatic rings. The zero-order valence-electron chi connectivity index (χ0n) is 14.6. The molecule has 0 aromatic heterocycles. The van der Waals surface area contributed by atoms with Crippen molar-refractivity contribution < 1.29 is 4.79 Å². The van der Waals surface area contributed by atoms with E-state index in [0.29, 0.717) is 6.54 Å². The van der Waals surface area contributed by atoms with Gasteiger partial charge in [0.25, 0.3) is 0 Å². The van der Waals surface area contributed by atoms with Crippen molar-refractivity contribution in [3.05, 3.63) is 54.8 Å². The van der Waals surface area contributed by atoms with Crippen LogP contribution in [0, 0.1) is 0 Å². The zero-order chi connectivity index (χ0) is 17.2. The number of ketones is 1. The molecule has 1 saturated heterocycles. The molecule has 0 N–H and O–H groups in total.